The summed E-state index contributed by atoms with van der Waals surface area (Å²) in [5, 5.41) is 9.03. The maximum Gasteiger partial charge on any atom is 0.339 e. The lowest BCUT2D eigenvalue weighted by Gasteiger charge is -2.26. The molecule has 0 amide bonds. The highest BCUT2D eigenvalue weighted by atomic mass is 16.4. The number of aromatic carboxylic acids is 1. The summed E-state index contributed by atoms with van der Waals surface area (Å²) >= 11 is 0. The van der Waals surface area contributed by atoms with Crippen molar-refractivity contribution in [2.24, 2.45) is 0 Å². The first kappa shape index (κ1) is 14.1. The third kappa shape index (κ3) is 3.60. The Kier molecular flexibility index (Phi) is 4.64. The van der Waals surface area contributed by atoms with Gasteiger partial charge in [-0.15, -0.1) is 0 Å². The summed E-state index contributed by atoms with van der Waals surface area (Å²) in [6, 6.07) is 2.26. The van der Waals surface area contributed by atoms with E-state index in [-0.39, 0.29) is 5.56 Å². The molecule has 0 atom stereocenters. The van der Waals surface area contributed by atoms with Crippen molar-refractivity contribution in [2.45, 2.75) is 58.0 Å². The van der Waals surface area contributed by atoms with Crippen molar-refractivity contribution in [3.63, 3.8) is 0 Å². The zero-order chi connectivity index (χ0) is 13.8. The topological polar surface area (TPSA) is 53.7 Å². The predicted molar refractivity (Wildman–Crippen MR) is 73.4 cm³/mol. The lowest BCUT2D eigenvalue weighted by Crippen LogP contribution is -2.30. The molecular weight excluding hydrogens is 242 g/mol. The van der Waals surface area contributed by atoms with E-state index in [4.69, 9.17) is 9.52 Å². The van der Waals surface area contributed by atoms with Crippen molar-refractivity contribution in [2.75, 3.05) is 7.05 Å². The van der Waals surface area contributed by atoms with Gasteiger partial charge in [-0.2, -0.15) is 0 Å². The number of nitrogens with zero attached hydrogens (tertiary/aromatic N) is 1. The minimum Gasteiger partial charge on any atom is -0.478 e. The second-order valence-corrected chi connectivity index (χ2v) is 5.55. The monoisotopic (exact) mass is 265 g/mol. The van der Waals surface area contributed by atoms with Crippen LogP contribution >= 0.6 is 0 Å². The minimum absolute atomic E-state index is 0.282. The fourth-order valence-electron chi connectivity index (χ4n) is 2.91. The summed E-state index contributed by atoms with van der Waals surface area (Å²) in [6.07, 6.45) is 7.75. The van der Waals surface area contributed by atoms with Crippen molar-refractivity contribution in [3.8, 4) is 0 Å². The molecule has 1 aliphatic carbocycles. The first-order valence-corrected chi connectivity index (χ1v) is 7.11. The molecule has 0 aliphatic heterocycles. The Hall–Kier alpha value is -1.29. The third-order valence-corrected chi connectivity index (χ3v) is 4.05. The average molecular weight is 265 g/mol. The summed E-state index contributed by atoms with van der Waals surface area (Å²) in [5.41, 5.74) is 0.282. The Morgan fingerprint density at radius 2 is 2.00 bits per heavy atom. The van der Waals surface area contributed by atoms with Crippen LogP contribution in [0.1, 0.15) is 60.4 Å². The Balaban J connectivity index is 1.99. The fraction of sp³-hybridized carbons (Fsp3) is 0.667. The van der Waals surface area contributed by atoms with Crippen LogP contribution in [0.25, 0.3) is 0 Å². The van der Waals surface area contributed by atoms with E-state index < -0.39 is 5.97 Å². The number of carboxylic acid groups (broad SMARTS) is 1. The van der Waals surface area contributed by atoms with Gasteiger partial charge >= 0.3 is 5.97 Å². The molecule has 1 fully saturated rings. The maximum absolute atomic E-state index is 11.0. The van der Waals surface area contributed by atoms with Crippen LogP contribution in [0.4, 0.5) is 0 Å². The van der Waals surface area contributed by atoms with Gasteiger partial charge in [0.05, 0.1) is 6.54 Å². The van der Waals surface area contributed by atoms with Gasteiger partial charge in [-0.1, -0.05) is 25.7 Å². The van der Waals surface area contributed by atoms with Crippen molar-refractivity contribution in [3.05, 3.63) is 23.2 Å². The molecule has 0 radical (unpaired) electrons. The van der Waals surface area contributed by atoms with E-state index in [1.54, 1.807) is 13.0 Å². The van der Waals surface area contributed by atoms with Gasteiger partial charge in [0, 0.05) is 6.04 Å². The summed E-state index contributed by atoms with van der Waals surface area (Å²) in [5.74, 6) is 0.336. The highest BCUT2D eigenvalue weighted by Crippen LogP contribution is 2.23. The molecule has 0 unspecified atom stereocenters. The molecule has 1 aromatic heterocycles. The molecule has 1 N–H and O–H groups in total. The highest BCUT2D eigenvalue weighted by molar-refractivity contribution is 5.88. The Labute approximate surface area is 114 Å². The first-order chi connectivity index (χ1) is 9.08. The zero-order valence-electron chi connectivity index (χ0n) is 11.8. The highest BCUT2D eigenvalue weighted by Gasteiger charge is 2.20. The molecule has 1 aliphatic rings. The quantitative estimate of drug-likeness (QED) is 0.847. The van der Waals surface area contributed by atoms with Crippen molar-refractivity contribution in [1.82, 2.24) is 4.90 Å². The van der Waals surface area contributed by atoms with Gasteiger partial charge in [0.1, 0.15) is 17.1 Å². The van der Waals surface area contributed by atoms with E-state index in [2.05, 4.69) is 11.9 Å². The molecule has 1 aromatic rings. The molecule has 106 valence electrons. The number of hydrogen-bond donors (Lipinski definition) is 1. The lowest BCUT2D eigenvalue weighted by molar-refractivity contribution is 0.0695. The Bertz CT molecular complexity index is 431. The maximum atomic E-state index is 11.0. The minimum atomic E-state index is -0.912. The van der Waals surface area contributed by atoms with Crippen LogP contribution < -0.4 is 0 Å². The Morgan fingerprint density at radius 1 is 1.37 bits per heavy atom. The lowest BCUT2D eigenvalue weighted by atomic mass is 10.1. The van der Waals surface area contributed by atoms with E-state index in [0.717, 1.165) is 5.76 Å². The van der Waals surface area contributed by atoms with Gasteiger partial charge < -0.3 is 9.52 Å². The van der Waals surface area contributed by atoms with Gasteiger partial charge in [0.25, 0.3) is 0 Å². The van der Waals surface area contributed by atoms with Crippen molar-refractivity contribution in [1.29, 1.82) is 0 Å². The van der Waals surface area contributed by atoms with E-state index in [0.29, 0.717) is 18.3 Å². The number of furan rings is 1. The van der Waals surface area contributed by atoms with Crippen LogP contribution in [0.5, 0.6) is 0 Å². The smallest absolute Gasteiger partial charge is 0.339 e. The van der Waals surface area contributed by atoms with Gasteiger partial charge in [0.2, 0.25) is 0 Å². The molecule has 4 nitrogen and oxygen atoms in total. The van der Waals surface area contributed by atoms with Crippen LogP contribution in [-0.4, -0.2) is 29.1 Å². The summed E-state index contributed by atoms with van der Waals surface area (Å²) in [6.45, 7) is 2.40. The fourth-order valence-corrected chi connectivity index (χ4v) is 2.91. The van der Waals surface area contributed by atoms with Crippen molar-refractivity contribution >= 4 is 5.97 Å². The normalized spacial score (nSPS) is 17.6. The van der Waals surface area contributed by atoms with E-state index >= 15 is 0 Å². The van der Waals surface area contributed by atoms with Gasteiger partial charge in [-0.05, 0) is 32.9 Å². The SMILES string of the molecule is Cc1oc(CN(C)C2CCCCCC2)cc1C(=O)O. The molecule has 1 saturated carbocycles. The molecule has 0 aromatic carbocycles. The van der Waals surface area contributed by atoms with Gasteiger partial charge in [-0.3, -0.25) is 4.90 Å². The predicted octanol–water partition coefficient (Wildman–Crippen LogP) is 3.44. The largest absolute Gasteiger partial charge is 0.478 e. The van der Waals surface area contributed by atoms with E-state index in [1.165, 1.54) is 38.5 Å². The number of rotatable bonds is 4. The number of aryl methyl sites for hydroxylation is 1. The molecule has 0 spiro atoms. The molecule has 19 heavy (non-hydrogen) atoms. The number of hydrogen-bond acceptors (Lipinski definition) is 3. The average Bonchev–Trinajstić information content (AvgIpc) is 2.58. The van der Waals surface area contributed by atoms with Crippen LogP contribution in [0.3, 0.4) is 0 Å². The van der Waals surface area contributed by atoms with Crippen LogP contribution in [0.15, 0.2) is 10.5 Å². The molecule has 4 heteroatoms. The standard InChI is InChI=1S/C15H23NO3/c1-11-14(15(17)18)9-13(19-11)10-16(2)12-7-5-3-4-6-8-12/h9,12H,3-8,10H2,1-2H3,(H,17,18). The molecular formula is C15H23NO3. The van der Waals surface area contributed by atoms with Crippen molar-refractivity contribution < 1.29 is 14.3 Å². The second kappa shape index (κ2) is 6.24. The zero-order valence-corrected chi connectivity index (χ0v) is 11.8. The second-order valence-electron chi connectivity index (χ2n) is 5.55. The van der Waals surface area contributed by atoms with Crippen LogP contribution in [0.2, 0.25) is 0 Å². The molecule has 0 bridgehead atoms. The Morgan fingerprint density at radius 3 is 2.53 bits per heavy atom. The van der Waals surface area contributed by atoms with Gasteiger partial charge in [-0.25, -0.2) is 4.79 Å². The molecule has 0 saturated heterocycles. The van der Waals surface area contributed by atoms with E-state index in [9.17, 15) is 4.79 Å². The van der Waals surface area contributed by atoms with Gasteiger partial charge in [0.15, 0.2) is 0 Å². The summed E-state index contributed by atoms with van der Waals surface area (Å²) in [7, 11) is 2.11. The van der Waals surface area contributed by atoms with Crippen LogP contribution in [0, 0.1) is 6.92 Å². The summed E-state index contributed by atoms with van der Waals surface area (Å²) in [4.78, 5) is 13.3. The van der Waals surface area contributed by atoms with Crippen LogP contribution in [-0.2, 0) is 6.54 Å². The molecule has 1 heterocycles. The summed E-state index contributed by atoms with van der Waals surface area (Å²) < 4.78 is 5.55. The number of carboxylic acids is 1. The van der Waals surface area contributed by atoms with E-state index in [1.807, 2.05) is 0 Å². The first-order valence-electron chi connectivity index (χ1n) is 7.11. The molecule has 2 rings (SSSR count). The third-order valence-electron chi connectivity index (χ3n) is 4.05. The number of carbonyl (C=O) groups is 1.